The Kier molecular flexibility index (Phi) is 7.60. The van der Waals surface area contributed by atoms with Crippen LogP contribution in [0.3, 0.4) is 0 Å². The summed E-state index contributed by atoms with van der Waals surface area (Å²) in [5, 5.41) is 0. The number of carbonyl (C=O) groups is 1. The number of nitrogens with zero attached hydrogens (tertiary/aromatic N) is 2. The molecule has 0 radical (unpaired) electrons. The third kappa shape index (κ3) is 5.93. The Morgan fingerprint density at radius 2 is 1.51 bits per heavy atom. The number of carbonyl (C=O) groups excluding carboxylic acids is 1. The summed E-state index contributed by atoms with van der Waals surface area (Å²) in [6.07, 6.45) is 2.86. The van der Waals surface area contributed by atoms with Crippen LogP contribution in [0, 0.1) is 26.7 Å². The molecule has 0 bridgehead atoms. The van der Waals surface area contributed by atoms with Crippen molar-refractivity contribution in [2.45, 2.75) is 44.9 Å². The van der Waals surface area contributed by atoms with Crippen molar-refractivity contribution in [3.05, 3.63) is 95.1 Å². The minimum atomic E-state index is -3.91. The maximum absolute atomic E-state index is 13.7. The monoisotopic (exact) mass is 490 g/mol. The van der Waals surface area contributed by atoms with Crippen molar-refractivity contribution in [2.75, 3.05) is 23.9 Å². The summed E-state index contributed by atoms with van der Waals surface area (Å²) in [4.78, 5) is 15.4. The minimum Gasteiger partial charge on any atom is -0.341 e. The van der Waals surface area contributed by atoms with Crippen LogP contribution in [0.4, 0.5) is 5.69 Å². The largest absolute Gasteiger partial charge is 0.341 e. The Balaban J connectivity index is 1.53. The zero-order chi connectivity index (χ0) is 25.0. The number of hydrogen-bond acceptors (Lipinski definition) is 3. The lowest BCUT2D eigenvalue weighted by molar-refractivity contribution is -0.130. The first-order valence-corrected chi connectivity index (χ1v) is 13.7. The molecule has 6 heteroatoms. The molecule has 0 N–H and O–H groups in total. The zero-order valence-corrected chi connectivity index (χ0v) is 21.6. The molecule has 184 valence electrons. The molecule has 1 aliphatic rings. The molecule has 0 aliphatic carbocycles. The summed E-state index contributed by atoms with van der Waals surface area (Å²) in [5.41, 5.74) is 4.63. The van der Waals surface area contributed by atoms with E-state index in [1.807, 2.05) is 49.9 Å². The van der Waals surface area contributed by atoms with Gasteiger partial charge >= 0.3 is 0 Å². The maximum Gasteiger partial charge on any atom is 0.264 e. The van der Waals surface area contributed by atoms with E-state index in [1.165, 1.54) is 9.87 Å². The number of benzene rings is 3. The van der Waals surface area contributed by atoms with Crippen molar-refractivity contribution in [3.8, 4) is 0 Å². The molecule has 0 atom stereocenters. The van der Waals surface area contributed by atoms with Crippen LogP contribution in [0.15, 0.2) is 77.7 Å². The lowest BCUT2D eigenvalue weighted by Crippen LogP contribution is -2.46. The fourth-order valence-electron chi connectivity index (χ4n) is 4.68. The van der Waals surface area contributed by atoms with Crippen molar-refractivity contribution < 1.29 is 13.2 Å². The lowest BCUT2D eigenvalue weighted by atomic mass is 9.90. The van der Waals surface area contributed by atoms with Crippen LogP contribution in [-0.4, -0.2) is 38.9 Å². The first kappa shape index (κ1) is 25.0. The predicted octanol–water partition coefficient (Wildman–Crippen LogP) is 5.29. The molecule has 3 aromatic carbocycles. The Hall–Kier alpha value is -3.12. The van der Waals surface area contributed by atoms with Gasteiger partial charge in [0.15, 0.2) is 0 Å². The van der Waals surface area contributed by atoms with Gasteiger partial charge in [0.25, 0.3) is 10.0 Å². The Labute approximate surface area is 209 Å². The average molecular weight is 491 g/mol. The van der Waals surface area contributed by atoms with Gasteiger partial charge in [0, 0.05) is 13.1 Å². The summed E-state index contributed by atoms with van der Waals surface area (Å²) < 4.78 is 28.8. The lowest BCUT2D eigenvalue weighted by Gasteiger charge is -2.34. The topological polar surface area (TPSA) is 57.7 Å². The predicted molar refractivity (Wildman–Crippen MR) is 141 cm³/mol. The van der Waals surface area contributed by atoms with Crippen molar-refractivity contribution in [3.63, 3.8) is 0 Å². The van der Waals surface area contributed by atoms with E-state index >= 15 is 0 Å². The smallest absolute Gasteiger partial charge is 0.264 e. The molecular weight excluding hydrogens is 456 g/mol. The van der Waals surface area contributed by atoms with E-state index in [0.29, 0.717) is 24.7 Å². The van der Waals surface area contributed by atoms with E-state index in [4.69, 9.17) is 0 Å². The van der Waals surface area contributed by atoms with Crippen LogP contribution in [0.25, 0.3) is 0 Å². The highest BCUT2D eigenvalue weighted by atomic mass is 32.2. The van der Waals surface area contributed by atoms with Crippen LogP contribution in [0.2, 0.25) is 0 Å². The van der Waals surface area contributed by atoms with Gasteiger partial charge < -0.3 is 4.90 Å². The second-order valence-corrected chi connectivity index (χ2v) is 11.5. The van der Waals surface area contributed by atoms with E-state index < -0.39 is 10.0 Å². The van der Waals surface area contributed by atoms with E-state index in [9.17, 15) is 13.2 Å². The Morgan fingerprint density at radius 3 is 2.17 bits per heavy atom. The molecule has 35 heavy (non-hydrogen) atoms. The van der Waals surface area contributed by atoms with Gasteiger partial charge in [0.2, 0.25) is 5.91 Å². The number of aryl methyl sites for hydroxylation is 3. The fourth-order valence-corrected chi connectivity index (χ4v) is 6.15. The van der Waals surface area contributed by atoms with E-state index in [2.05, 4.69) is 24.3 Å². The number of piperidine rings is 1. The van der Waals surface area contributed by atoms with Crippen LogP contribution in [-0.2, 0) is 21.2 Å². The number of sulfonamides is 1. The molecule has 1 amide bonds. The average Bonchev–Trinajstić information content (AvgIpc) is 2.85. The summed E-state index contributed by atoms with van der Waals surface area (Å²) in [6.45, 7) is 6.84. The second-order valence-electron chi connectivity index (χ2n) is 9.63. The van der Waals surface area contributed by atoms with Crippen molar-refractivity contribution in [1.82, 2.24) is 4.90 Å². The van der Waals surface area contributed by atoms with Gasteiger partial charge in [-0.3, -0.25) is 9.10 Å². The van der Waals surface area contributed by atoms with Crippen molar-refractivity contribution in [1.29, 1.82) is 0 Å². The van der Waals surface area contributed by atoms with Gasteiger partial charge in [-0.25, -0.2) is 8.42 Å². The maximum atomic E-state index is 13.7. The molecule has 4 rings (SSSR count). The zero-order valence-electron chi connectivity index (χ0n) is 20.8. The van der Waals surface area contributed by atoms with Gasteiger partial charge in [0.05, 0.1) is 10.6 Å². The molecule has 5 nitrogen and oxygen atoms in total. The summed E-state index contributed by atoms with van der Waals surface area (Å²) in [6, 6.07) is 22.9. The van der Waals surface area contributed by atoms with Crippen LogP contribution < -0.4 is 4.31 Å². The molecular formula is C29H34N2O3S. The van der Waals surface area contributed by atoms with Gasteiger partial charge in [-0.2, -0.15) is 0 Å². The van der Waals surface area contributed by atoms with Crippen molar-refractivity contribution >= 4 is 21.6 Å². The van der Waals surface area contributed by atoms with Gasteiger partial charge in [-0.1, -0.05) is 60.2 Å². The molecule has 1 fully saturated rings. The van der Waals surface area contributed by atoms with Crippen LogP contribution in [0.1, 0.15) is 35.1 Å². The Bertz CT molecular complexity index is 1260. The molecule has 1 heterocycles. The van der Waals surface area contributed by atoms with Crippen molar-refractivity contribution in [2.24, 2.45) is 5.92 Å². The van der Waals surface area contributed by atoms with E-state index in [1.54, 1.807) is 24.3 Å². The normalized spacial score (nSPS) is 14.7. The van der Waals surface area contributed by atoms with Crippen LogP contribution >= 0.6 is 0 Å². The second kappa shape index (κ2) is 10.6. The van der Waals surface area contributed by atoms with Gasteiger partial charge in [-0.15, -0.1) is 0 Å². The van der Waals surface area contributed by atoms with Gasteiger partial charge in [0.1, 0.15) is 6.54 Å². The van der Waals surface area contributed by atoms with E-state index in [0.717, 1.165) is 36.0 Å². The number of amides is 1. The SMILES string of the molecule is Cc1ccc(S(=O)(=O)N(CC(=O)N2CCC(Cc3ccccc3)CC2)c2cc(C)ccc2C)cc1. The van der Waals surface area contributed by atoms with Crippen LogP contribution in [0.5, 0.6) is 0 Å². The van der Waals surface area contributed by atoms with E-state index in [-0.39, 0.29) is 17.3 Å². The van der Waals surface area contributed by atoms with Gasteiger partial charge in [-0.05, 0) is 80.8 Å². The quantitative estimate of drug-likeness (QED) is 0.452. The molecule has 0 aromatic heterocycles. The number of likely N-dealkylation sites (tertiary alicyclic amines) is 1. The highest BCUT2D eigenvalue weighted by Gasteiger charge is 2.31. The fraction of sp³-hybridized carbons (Fsp3) is 0.345. The number of anilines is 1. The summed E-state index contributed by atoms with van der Waals surface area (Å²) in [5.74, 6) is 0.382. The highest BCUT2D eigenvalue weighted by Crippen LogP contribution is 2.29. The third-order valence-electron chi connectivity index (χ3n) is 6.86. The molecule has 0 saturated carbocycles. The standard InChI is InChI=1S/C29H34N2O3S/c1-22-10-13-27(14-11-22)35(33,34)31(28-19-23(2)9-12-24(28)3)21-29(32)30-17-15-26(16-18-30)20-25-7-5-4-6-8-25/h4-14,19,26H,15-18,20-21H2,1-3H3. The third-order valence-corrected chi connectivity index (χ3v) is 8.63. The molecule has 3 aromatic rings. The number of hydrogen-bond donors (Lipinski definition) is 0. The number of rotatable bonds is 7. The summed E-state index contributed by atoms with van der Waals surface area (Å²) in [7, 11) is -3.91. The highest BCUT2D eigenvalue weighted by molar-refractivity contribution is 7.92. The first-order valence-electron chi connectivity index (χ1n) is 12.2. The Morgan fingerprint density at radius 1 is 0.886 bits per heavy atom. The molecule has 0 spiro atoms. The summed E-state index contributed by atoms with van der Waals surface area (Å²) >= 11 is 0. The molecule has 0 unspecified atom stereocenters. The molecule has 1 aliphatic heterocycles. The first-order chi connectivity index (χ1) is 16.7. The minimum absolute atomic E-state index is 0.153. The molecule has 1 saturated heterocycles.